The number of rotatable bonds is 2. The van der Waals surface area contributed by atoms with E-state index in [0.29, 0.717) is 18.6 Å². The van der Waals surface area contributed by atoms with E-state index < -0.39 is 0 Å². The zero-order valence-electron chi connectivity index (χ0n) is 8.80. The third-order valence-electron chi connectivity index (χ3n) is 3.04. The topological polar surface area (TPSA) is 70.6 Å². The molecule has 1 aliphatic carbocycles. The van der Waals surface area contributed by atoms with Gasteiger partial charge in [0.25, 0.3) is 5.91 Å². The summed E-state index contributed by atoms with van der Waals surface area (Å²) < 4.78 is 0. The minimum absolute atomic E-state index is 0.0545. The summed E-state index contributed by atoms with van der Waals surface area (Å²) in [5, 5.41) is 6.71. The molecule has 2 rings (SSSR count). The van der Waals surface area contributed by atoms with Gasteiger partial charge in [-0.3, -0.25) is 9.59 Å². The van der Waals surface area contributed by atoms with Crippen LogP contribution in [0.2, 0.25) is 0 Å². The summed E-state index contributed by atoms with van der Waals surface area (Å²) in [5.74, 6) is -0.265. The molecule has 1 heterocycles. The zero-order chi connectivity index (χ0) is 10.9. The normalized spacial score (nSPS) is 23.5. The molecule has 82 valence electrons. The van der Waals surface area contributed by atoms with E-state index in [-0.39, 0.29) is 17.4 Å². The van der Waals surface area contributed by atoms with Gasteiger partial charge in [-0.2, -0.15) is 5.10 Å². The quantitative estimate of drug-likeness (QED) is 0.687. The Balaban J connectivity index is 1.93. The highest BCUT2D eigenvalue weighted by atomic mass is 16.2. The van der Waals surface area contributed by atoms with Gasteiger partial charge in [0.1, 0.15) is 5.71 Å². The van der Waals surface area contributed by atoms with E-state index in [1.165, 1.54) is 6.42 Å². The molecular weight excluding hydrogens is 194 g/mol. The van der Waals surface area contributed by atoms with Crippen LogP contribution >= 0.6 is 0 Å². The molecule has 1 aliphatic heterocycles. The lowest BCUT2D eigenvalue weighted by molar-refractivity contribution is -0.121. The fourth-order valence-electron chi connectivity index (χ4n) is 1.82. The minimum atomic E-state index is -0.141. The molecule has 1 saturated carbocycles. The van der Waals surface area contributed by atoms with Crippen LogP contribution in [0.1, 0.15) is 39.0 Å². The van der Waals surface area contributed by atoms with E-state index in [2.05, 4.69) is 15.8 Å². The third-order valence-corrected chi connectivity index (χ3v) is 3.04. The van der Waals surface area contributed by atoms with Gasteiger partial charge < -0.3 is 5.32 Å². The highest BCUT2D eigenvalue weighted by Crippen LogP contribution is 2.30. The summed E-state index contributed by atoms with van der Waals surface area (Å²) in [6.07, 6.45) is 4.01. The summed E-state index contributed by atoms with van der Waals surface area (Å²) in [4.78, 5) is 22.6. The van der Waals surface area contributed by atoms with Crippen LogP contribution in [0.3, 0.4) is 0 Å². The number of hydrogen-bond donors (Lipinski definition) is 2. The Morgan fingerprint density at radius 2 is 2.20 bits per heavy atom. The standard InChI is InChI=1S/C10H15N3O2/c1-10(5-2-6-10)11-9(15)7-3-4-8(14)13-12-7/h2-6H2,1H3,(H,11,15)(H,13,14). The molecular formula is C10H15N3O2. The number of hydrogen-bond acceptors (Lipinski definition) is 3. The van der Waals surface area contributed by atoms with Crippen molar-refractivity contribution in [3.63, 3.8) is 0 Å². The first kappa shape index (κ1) is 10.1. The number of amides is 2. The van der Waals surface area contributed by atoms with Gasteiger partial charge in [-0.05, 0) is 26.2 Å². The molecule has 2 aliphatic rings. The van der Waals surface area contributed by atoms with Crippen LogP contribution in [-0.4, -0.2) is 23.1 Å². The fraction of sp³-hybridized carbons (Fsp3) is 0.700. The summed E-state index contributed by atoms with van der Waals surface area (Å²) in [6, 6.07) is 0. The van der Waals surface area contributed by atoms with Gasteiger partial charge >= 0.3 is 0 Å². The maximum Gasteiger partial charge on any atom is 0.267 e. The lowest BCUT2D eigenvalue weighted by Gasteiger charge is -2.39. The molecule has 0 aromatic carbocycles. The Hall–Kier alpha value is -1.39. The Morgan fingerprint density at radius 3 is 2.67 bits per heavy atom. The Bertz CT molecular complexity index is 332. The van der Waals surface area contributed by atoms with Crippen molar-refractivity contribution in [1.29, 1.82) is 0 Å². The first-order valence-electron chi connectivity index (χ1n) is 5.27. The van der Waals surface area contributed by atoms with Gasteiger partial charge in [0.05, 0.1) is 0 Å². The molecule has 0 saturated heterocycles. The van der Waals surface area contributed by atoms with Crippen LogP contribution in [0.15, 0.2) is 5.10 Å². The van der Waals surface area contributed by atoms with Crippen LogP contribution in [0.5, 0.6) is 0 Å². The van der Waals surface area contributed by atoms with Crippen LogP contribution < -0.4 is 10.7 Å². The zero-order valence-corrected chi connectivity index (χ0v) is 8.80. The number of carbonyl (C=O) groups is 2. The molecule has 0 unspecified atom stereocenters. The van der Waals surface area contributed by atoms with Crippen molar-refractivity contribution in [2.45, 2.75) is 44.6 Å². The summed E-state index contributed by atoms with van der Waals surface area (Å²) in [6.45, 7) is 2.04. The van der Waals surface area contributed by atoms with E-state index in [0.717, 1.165) is 12.8 Å². The van der Waals surface area contributed by atoms with Gasteiger partial charge in [-0.25, -0.2) is 5.43 Å². The van der Waals surface area contributed by atoms with E-state index in [1.54, 1.807) is 0 Å². The maximum absolute atomic E-state index is 11.7. The predicted molar refractivity (Wildman–Crippen MR) is 55.2 cm³/mol. The molecule has 0 bridgehead atoms. The largest absolute Gasteiger partial charge is 0.346 e. The molecule has 0 aromatic rings. The molecule has 5 nitrogen and oxygen atoms in total. The van der Waals surface area contributed by atoms with E-state index in [9.17, 15) is 9.59 Å². The van der Waals surface area contributed by atoms with Crippen molar-refractivity contribution >= 4 is 17.5 Å². The van der Waals surface area contributed by atoms with Crippen LogP contribution in [0, 0.1) is 0 Å². The van der Waals surface area contributed by atoms with Crippen molar-refractivity contribution in [3.8, 4) is 0 Å². The maximum atomic E-state index is 11.7. The van der Waals surface area contributed by atoms with E-state index in [4.69, 9.17) is 0 Å². The smallest absolute Gasteiger partial charge is 0.267 e. The van der Waals surface area contributed by atoms with Crippen molar-refractivity contribution < 1.29 is 9.59 Å². The molecule has 15 heavy (non-hydrogen) atoms. The van der Waals surface area contributed by atoms with Crippen LogP contribution in [-0.2, 0) is 9.59 Å². The predicted octanol–water partition coefficient (Wildman–Crippen LogP) is 0.311. The molecule has 1 fully saturated rings. The van der Waals surface area contributed by atoms with Crippen molar-refractivity contribution in [3.05, 3.63) is 0 Å². The monoisotopic (exact) mass is 209 g/mol. The molecule has 0 atom stereocenters. The van der Waals surface area contributed by atoms with Crippen molar-refractivity contribution in [1.82, 2.24) is 10.7 Å². The number of nitrogens with one attached hydrogen (secondary N) is 2. The second-order valence-electron chi connectivity index (χ2n) is 4.46. The Morgan fingerprint density at radius 1 is 1.47 bits per heavy atom. The molecule has 0 radical (unpaired) electrons. The molecule has 5 heteroatoms. The first-order chi connectivity index (χ1) is 7.09. The fourth-order valence-corrected chi connectivity index (χ4v) is 1.82. The van der Waals surface area contributed by atoms with Crippen molar-refractivity contribution in [2.75, 3.05) is 0 Å². The third kappa shape index (κ3) is 2.16. The number of carbonyl (C=O) groups excluding carboxylic acids is 2. The van der Waals surface area contributed by atoms with Gasteiger partial charge in [0.15, 0.2) is 0 Å². The summed E-state index contributed by atoms with van der Waals surface area (Å²) >= 11 is 0. The highest BCUT2D eigenvalue weighted by molar-refractivity contribution is 6.39. The van der Waals surface area contributed by atoms with E-state index >= 15 is 0 Å². The average molecular weight is 209 g/mol. The Kier molecular flexibility index (Phi) is 2.46. The van der Waals surface area contributed by atoms with Gasteiger partial charge in [0.2, 0.25) is 5.91 Å². The summed E-state index contributed by atoms with van der Waals surface area (Å²) in [5.41, 5.74) is 2.70. The second kappa shape index (κ2) is 3.64. The van der Waals surface area contributed by atoms with Crippen molar-refractivity contribution in [2.24, 2.45) is 5.10 Å². The first-order valence-corrected chi connectivity index (χ1v) is 5.27. The highest BCUT2D eigenvalue weighted by Gasteiger charge is 2.34. The lowest BCUT2D eigenvalue weighted by Crippen LogP contribution is -2.53. The molecule has 0 spiro atoms. The van der Waals surface area contributed by atoms with Crippen LogP contribution in [0.4, 0.5) is 0 Å². The van der Waals surface area contributed by atoms with Gasteiger partial charge in [-0.15, -0.1) is 0 Å². The van der Waals surface area contributed by atoms with Crippen LogP contribution in [0.25, 0.3) is 0 Å². The molecule has 0 aromatic heterocycles. The van der Waals surface area contributed by atoms with E-state index in [1.807, 2.05) is 6.92 Å². The molecule has 2 amide bonds. The SMILES string of the molecule is CC1(NC(=O)C2=NNC(=O)CC2)CCC1. The summed E-state index contributed by atoms with van der Waals surface area (Å²) in [7, 11) is 0. The number of nitrogens with zero attached hydrogens (tertiary/aromatic N) is 1. The molecule has 2 N–H and O–H groups in total. The number of hydrazone groups is 1. The lowest BCUT2D eigenvalue weighted by atomic mass is 9.78. The van der Waals surface area contributed by atoms with Gasteiger partial charge in [-0.1, -0.05) is 0 Å². The second-order valence-corrected chi connectivity index (χ2v) is 4.46. The minimum Gasteiger partial charge on any atom is -0.346 e. The average Bonchev–Trinajstić information content (AvgIpc) is 2.16. The Labute approximate surface area is 88.3 Å². The van der Waals surface area contributed by atoms with Gasteiger partial charge in [0, 0.05) is 18.4 Å².